The van der Waals surface area contributed by atoms with Crippen molar-refractivity contribution in [2.45, 2.75) is 32.7 Å². The topological polar surface area (TPSA) is 52.7 Å². The maximum Gasteiger partial charge on any atom is 0.259 e. The highest BCUT2D eigenvalue weighted by molar-refractivity contribution is 6.12. The van der Waals surface area contributed by atoms with Gasteiger partial charge in [0.05, 0.1) is 17.4 Å². The van der Waals surface area contributed by atoms with E-state index in [1.54, 1.807) is 4.90 Å². The number of anilines is 3. The fourth-order valence-corrected chi connectivity index (χ4v) is 5.20. The van der Waals surface area contributed by atoms with E-state index < -0.39 is 6.04 Å². The molecule has 1 heterocycles. The molecular weight excluding hydrogens is 434 g/mol. The summed E-state index contributed by atoms with van der Waals surface area (Å²) in [4.78, 5) is 31.8. The summed E-state index contributed by atoms with van der Waals surface area (Å²) in [5.74, 6) is -0.0444. The second-order valence-electron chi connectivity index (χ2n) is 10.4. The van der Waals surface area contributed by atoms with Crippen molar-refractivity contribution in [3.63, 3.8) is 0 Å². The number of nitrogens with one attached hydrogen (secondary N) is 1. The number of amides is 1. The summed E-state index contributed by atoms with van der Waals surface area (Å²) in [6.07, 6.45) is 1.19. The Labute approximate surface area is 207 Å². The van der Waals surface area contributed by atoms with Gasteiger partial charge in [-0.15, -0.1) is 0 Å². The van der Waals surface area contributed by atoms with E-state index in [1.165, 1.54) is 0 Å². The fraction of sp³-hybridized carbons (Fsp3) is 0.267. The minimum Gasteiger partial charge on any atom is -0.378 e. The van der Waals surface area contributed by atoms with E-state index in [0.29, 0.717) is 17.6 Å². The summed E-state index contributed by atoms with van der Waals surface area (Å²) in [5.41, 5.74) is 5.60. The molecule has 0 fully saturated rings. The van der Waals surface area contributed by atoms with E-state index in [2.05, 4.69) is 19.2 Å². The average Bonchev–Trinajstić information content (AvgIpc) is 2.97. The standard InChI is InChI=1S/C30H31N3O2/c1-30(2)18-24-27(26(34)19-30)28(20-14-16-22(17-15-20)32(3)4)33(25-13-9-8-12-23(25)31-24)29(35)21-10-6-5-7-11-21/h5-17,28,31H,18-19H2,1-4H3. The van der Waals surface area contributed by atoms with Gasteiger partial charge in [0.15, 0.2) is 5.78 Å². The van der Waals surface area contributed by atoms with E-state index in [1.807, 2.05) is 97.9 Å². The number of carbonyl (C=O) groups excluding carboxylic acids is 2. The van der Waals surface area contributed by atoms with Crippen LogP contribution in [0.1, 0.15) is 48.7 Å². The lowest BCUT2D eigenvalue weighted by Gasteiger charge is -2.37. The van der Waals surface area contributed by atoms with Crippen LogP contribution in [0.2, 0.25) is 0 Å². The molecule has 3 aromatic carbocycles. The molecule has 0 spiro atoms. The van der Waals surface area contributed by atoms with E-state index in [0.717, 1.165) is 34.7 Å². The zero-order valence-electron chi connectivity index (χ0n) is 20.7. The molecule has 1 atom stereocenters. The summed E-state index contributed by atoms with van der Waals surface area (Å²) < 4.78 is 0. The van der Waals surface area contributed by atoms with Crippen molar-refractivity contribution in [1.29, 1.82) is 0 Å². The Balaban J connectivity index is 1.77. The van der Waals surface area contributed by atoms with Gasteiger partial charge in [0, 0.05) is 43.0 Å². The van der Waals surface area contributed by atoms with E-state index in [9.17, 15) is 9.59 Å². The number of fused-ring (bicyclic) bond motifs is 1. The highest BCUT2D eigenvalue weighted by Crippen LogP contribution is 2.48. The Morgan fingerprint density at radius 1 is 0.914 bits per heavy atom. The van der Waals surface area contributed by atoms with Crippen molar-refractivity contribution in [2.24, 2.45) is 5.41 Å². The molecule has 178 valence electrons. The molecule has 1 aliphatic carbocycles. The van der Waals surface area contributed by atoms with Crippen LogP contribution in [0.4, 0.5) is 17.1 Å². The molecule has 1 amide bonds. The monoisotopic (exact) mass is 465 g/mol. The highest BCUT2D eigenvalue weighted by Gasteiger charge is 2.43. The first kappa shape index (κ1) is 22.9. The molecule has 5 heteroatoms. The molecule has 1 aliphatic heterocycles. The zero-order valence-corrected chi connectivity index (χ0v) is 20.7. The number of carbonyl (C=O) groups is 2. The molecule has 0 bridgehead atoms. The van der Waals surface area contributed by atoms with Crippen molar-refractivity contribution in [3.05, 3.63) is 101 Å². The minimum absolute atomic E-state index is 0.0871. The quantitative estimate of drug-likeness (QED) is 0.500. The number of nitrogens with zero attached hydrogens (tertiary/aromatic N) is 2. The van der Waals surface area contributed by atoms with Crippen molar-refractivity contribution in [2.75, 3.05) is 29.2 Å². The molecule has 0 radical (unpaired) electrons. The number of allylic oxidation sites excluding steroid dienone is 1. The number of benzene rings is 3. The fourth-order valence-electron chi connectivity index (χ4n) is 5.20. The highest BCUT2D eigenvalue weighted by atomic mass is 16.2. The van der Waals surface area contributed by atoms with Crippen LogP contribution in [-0.4, -0.2) is 25.8 Å². The van der Waals surface area contributed by atoms with Crippen LogP contribution >= 0.6 is 0 Å². The van der Waals surface area contributed by atoms with Gasteiger partial charge in [-0.05, 0) is 53.8 Å². The van der Waals surface area contributed by atoms with Crippen LogP contribution in [0.3, 0.4) is 0 Å². The smallest absolute Gasteiger partial charge is 0.259 e. The molecule has 2 aliphatic rings. The third-order valence-corrected chi connectivity index (χ3v) is 6.87. The van der Waals surface area contributed by atoms with Gasteiger partial charge in [0.25, 0.3) is 5.91 Å². The minimum atomic E-state index is -0.534. The number of ketones is 1. The van der Waals surface area contributed by atoms with Crippen molar-refractivity contribution < 1.29 is 9.59 Å². The summed E-state index contributed by atoms with van der Waals surface area (Å²) >= 11 is 0. The molecule has 1 N–H and O–H groups in total. The molecule has 5 nitrogen and oxygen atoms in total. The number of para-hydroxylation sites is 2. The first-order valence-corrected chi connectivity index (χ1v) is 12.0. The van der Waals surface area contributed by atoms with Gasteiger partial charge in [-0.1, -0.05) is 56.3 Å². The number of rotatable bonds is 3. The second-order valence-corrected chi connectivity index (χ2v) is 10.4. The zero-order chi connectivity index (χ0) is 24.7. The van der Waals surface area contributed by atoms with E-state index in [-0.39, 0.29) is 17.1 Å². The molecule has 0 aromatic heterocycles. The van der Waals surface area contributed by atoms with Gasteiger partial charge in [-0.25, -0.2) is 0 Å². The number of hydrogen-bond donors (Lipinski definition) is 1. The van der Waals surface area contributed by atoms with Crippen molar-refractivity contribution in [1.82, 2.24) is 0 Å². The molecule has 3 aromatic rings. The number of hydrogen-bond acceptors (Lipinski definition) is 4. The summed E-state index contributed by atoms with van der Waals surface area (Å²) in [6, 6.07) is 24.8. The lowest BCUT2D eigenvalue weighted by Crippen LogP contribution is -2.39. The average molecular weight is 466 g/mol. The van der Waals surface area contributed by atoms with Gasteiger partial charge in [-0.3, -0.25) is 14.5 Å². The van der Waals surface area contributed by atoms with Gasteiger partial charge in [-0.2, -0.15) is 0 Å². The maximum absolute atomic E-state index is 14.1. The van der Waals surface area contributed by atoms with Crippen LogP contribution in [0.25, 0.3) is 0 Å². The molecule has 5 rings (SSSR count). The predicted octanol–water partition coefficient (Wildman–Crippen LogP) is 6.21. The molecule has 1 unspecified atom stereocenters. The van der Waals surface area contributed by atoms with Crippen molar-refractivity contribution in [3.8, 4) is 0 Å². The summed E-state index contributed by atoms with van der Waals surface area (Å²) in [6.45, 7) is 4.25. The van der Waals surface area contributed by atoms with Crippen LogP contribution in [0.15, 0.2) is 90.1 Å². The normalized spacial score (nSPS) is 18.8. The van der Waals surface area contributed by atoms with Gasteiger partial charge in [0.2, 0.25) is 0 Å². The second kappa shape index (κ2) is 8.73. The van der Waals surface area contributed by atoms with Crippen molar-refractivity contribution >= 4 is 28.8 Å². The lowest BCUT2D eigenvalue weighted by atomic mass is 9.73. The van der Waals surface area contributed by atoms with Crippen LogP contribution in [0.5, 0.6) is 0 Å². The van der Waals surface area contributed by atoms with Crippen LogP contribution in [-0.2, 0) is 4.79 Å². The third-order valence-electron chi connectivity index (χ3n) is 6.87. The Hall–Kier alpha value is -3.86. The molecule has 0 saturated carbocycles. The molecular formula is C30H31N3O2. The Morgan fingerprint density at radius 2 is 1.57 bits per heavy atom. The summed E-state index contributed by atoms with van der Waals surface area (Å²) in [5, 5.41) is 3.57. The third kappa shape index (κ3) is 4.23. The summed E-state index contributed by atoms with van der Waals surface area (Å²) in [7, 11) is 4.00. The number of Topliss-reactive ketones (excluding diaryl/α,β-unsaturated/α-hetero) is 1. The van der Waals surface area contributed by atoms with Gasteiger partial charge in [0.1, 0.15) is 0 Å². The van der Waals surface area contributed by atoms with E-state index >= 15 is 0 Å². The molecule has 0 saturated heterocycles. The first-order chi connectivity index (χ1) is 16.7. The van der Waals surface area contributed by atoms with Crippen LogP contribution < -0.4 is 15.1 Å². The lowest BCUT2D eigenvalue weighted by molar-refractivity contribution is -0.118. The van der Waals surface area contributed by atoms with Gasteiger partial charge < -0.3 is 10.2 Å². The van der Waals surface area contributed by atoms with E-state index in [4.69, 9.17) is 0 Å². The Morgan fingerprint density at radius 3 is 2.26 bits per heavy atom. The largest absolute Gasteiger partial charge is 0.378 e. The predicted molar refractivity (Wildman–Crippen MR) is 142 cm³/mol. The SMILES string of the molecule is CN(C)c1ccc(C2C3=C(CC(C)(C)CC3=O)Nc3ccccc3N2C(=O)c2ccccc2)cc1. The van der Waals surface area contributed by atoms with Gasteiger partial charge >= 0.3 is 0 Å². The Bertz CT molecular complexity index is 1310. The van der Waals surface area contributed by atoms with Crippen LogP contribution in [0, 0.1) is 5.41 Å². The molecule has 35 heavy (non-hydrogen) atoms. The Kier molecular flexibility index (Phi) is 5.72. The maximum atomic E-state index is 14.1. The first-order valence-electron chi connectivity index (χ1n) is 12.0.